The molecule has 3 rings (SSSR count). The molecular formula is C22H30BrN. The van der Waals surface area contributed by atoms with Crippen molar-refractivity contribution in [3.05, 3.63) is 33.8 Å². The number of hydrogen-bond acceptors (Lipinski definition) is 1. The molecule has 2 aliphatic rings. The average Bonchev–Trinajstić information content (AvgIpc) is 2.61. The third-order valence-corrected chi connectivity index (χ3v) is 7.12. The quantitative estimate of drug-likeness (QED) is 0.551. The van der Waals surface area contributed by atoms with Crippen LogP contribution in [0.25, 0.3) is 0 Å². The SMILES string of the molecule is CC1CCC(C2CCC(CCc3cc(Br)ccc3C#N)CC2)CC1. The first-order chi connectivity index (χ1) is 11.7. The van der Waals surface area contributed by atoms with Crippen LogP contribution >= 0.6 is 15.9 Å². The first kappa shape index (κ1) is 18.0. The number of benzene rings is 1. The number of nitriles is 1. The van der Waals surface area contributed by atoms with Crippen LogP contribution in [-0.4, -0.2) is 0 Å². The van der Waals surface area contributed by atoms with Crippen molar-refractivity contribution in [2.24, 2.45) is 23.7 Å². The van der Waals surface area contributed by atoms with Crippen LogP contribution in [0.1, 0.15) is 75.8 Å². The van der Waals surface area contributed by atoms with Gasteiger partial charge in [-0.3, -0.25) is 0 Å². The van der Waals surface area contributed by atoms with Crippen molar-refractivity contribution in [2.45, 2.75) is 71.1 Å². The standard InChI is InChI=1S/C22H30BrN/c1-16-2-7-18(8-3-16)19-9-4-17(5-10-19)6-11-20-14-22(23)13-12-21(20)15-24/h12-14,16-19H,2-11H2,1H3. The van der Waals surface area contributed by atoms with Crippen LogP contribution in [0.5, 0.6) is 0 Å². The average molecular weight is 388 g/mol. The molecule has 2 fully saturated rings. The summed E-state index contributed by atoms with van der Waals surface area (Å²) in [4.78, 5) is 0. The molecule has 0 N–H and O–H groups in total. The fourth-order valence-electron chi connectivity index (χ4n) is 4.94. The Morgan fingerprint density at radius 2 is 1.62 bits per heavy atom. The zero-order chi connectivity index (χ0) is 16.9. The molecule has 0 aliphatic heterocycles. The molecule has 0 amide bonds. The second-order valence-electron chi connectivity index (χ2n) is 8.25. The lowest BCUT2D eigenvalue weighted by Crippen LogP contribution is -2.25. The van der Waals surface area contributed by atoms with Gasteiger partial charge in [0, 0.05) is 4.47 Å². The third kappa shape index (κ3) is 4.63. The van der Waals surface area contributed by atoms with E-state index < -0.39 is 0 Å². The van der Waals surface area contributed by atoms with Gasteiger partial charge in [0.2, 0.25) is 0 Å². The maximum atomic E-state index is 9.28. The van der Waals surface area contributed by atoms with E-state index in [-0.39, 0.29) is 0 Å². The van der Waals surface area contributed by atoms with E-state index in [0.29, 0.717) is 0 Å². The van der Waals surface area contributed by atoms with Crippen LogP contribution in [0.2, 0.25) is 0 Å². The molecule has 2 aliphatic carbocycles. The molecule has 1 nitrogen and oxygen atoms in total. The minimum Gasteiger partial charge on any atom is -0.192 e. The summed E-state index contributed by atoms with van der Waals surface area (Å²) in [7, 11) is 0. The Balaban J connectivity index is 1.46. The van der Waals surface area contributed by atoms with Gasteiger partial charge >= 0.3 is 0 Å². The van der Waals surface area contributed by atoms with Gasteiger partial charge in [0.05, 0.1) is 11.6 Å². The van der Waals surface area contributed by atoms with Gasteiger partial charge in [-0.25, -0.2) is 0 Å². The van der Waals surface area contributed by atoms with E-state index in [4.69, 9.17) is 0 Å². The van der Waals surface area contributed by atoms with Gasteiger partial charge in [0.25, 0.3) is 0 Å². The van der Waals surface area contributed by atoms with E-state index in [2.05, 4.69) is 35.0 Å². The van der Waals surface area contributed by atoms with E-state index in [9.17, 15) is 5.26 Å². The van der Waals surface area contributed by atoms with Crippen molar-refractivity contribution in [1.82, 2.24) is 0 Å². The zero-order valence-electron chi connectivity index (χ0n) is 14.9. The van der Waals surface area contributed by atoms with Gasteiger partial charge in [-0.05, 0) is 86.0 Å². The molecule has 0 heterocycles. The molecule has 24 heavy (non-hydrogen) atoms. The Morgan fingerprint density at radius 3 is 2.25 bits per heavy atom. The van der Waals surface area contributed by atoms with Gasteiger partial charge in [0.1, 0.15) is 0 Å². The van der Waals surface area contributed by atoms with E-state index in [1.807, 2.05) is 12.1 Å². The van der Waals surface area contributed by atoms with E-state index in [1.54, 1.807) is 0 Å². The number of hydrogen-bond donors (Lipinski definition) is 0. The fourth-order valence-corrected chi connectivity index (χ4v) is 5.35. The highest BCUT2D eigenvalue weighted by Crippen LogP contribution is 2.42. The smallest absolute Gasteiger partial charge is 0.0994 e. The first-order valence-electron chi connectivity index (χ1n) is 9.84. The molecule has 1 aromatic carbocycles. The number of rotatable bonds is 4. The van der Waals surface area contributed by atoms with Crippen LogP contribution in [0.4, 0.5) is 0 Å². The molecule has 0 saturated heterocycles. The minimum atomic E-state index is 0.850. The predicted octanol–water partition coefficient (Wildman–Crippen LogP) is 6.89. The molecule has 130 valence electrons. The van der Waals surface area contributed by atoms with Gasteiger partial charge in [-0.1, -0.05) is 48.5 Å². The topological polar surface area (TPSA) is 23.8 Å². The molecule has 1 aromatic rings. The Kier molecular flexibility index (Phi) is 6.39. The van der Waals surface area contributed by atoms with Crippen LogP contribution in [0.3, 0.4) is 0 Å². The summed E-state index contributed by atoms with van der Waals surface area (Å²) >= 11 is 3.54. The fraction of sp³-hybridized carbons (Fsp3) is 0.682. The lowest BCUT2D eigenvalue weighted by Gasteiger charge is -2.37. The van der Waals surface area contributed by atoms with E-state index >= 15 is 0 Å². The number of nitrogens with zero attached hydrogens (tertiary/aromatic N) is 1. The maximum absolute atomic E-state index is 9.28. The van der Waals surface area contributed by atoms with Crippen molar-refractivity contribution in [1.29, 1.82) is 5.26 Å². The molecule has 2 heteroatoms. The van der Waals surface area contributed by atoms with Gasteiger partial charge < -0.3 is 0 Å². The van der Waals surface area contributed by atoms with Crippen molar-refractivity contribution < 1.29 is 0 Å². The molecule has 0 bridgehead atoms. The van der Waals surface area contributed by atoms with Gasteiger partial charge in [-0.2, -0.15) is 5.26 Å². The molecule has 0 unspecified atom stereocenters. The lowest BCUT2D eigenvalue weighted by atomic mass is 9.69. The Bertz CT molecular complexity index is 572. The Morgan fingerprint density at radius 1 is 1.00 bits per heavy atom. The summed E-state index contributed by atoms with van der Waals surface area (Å²) in [5.74, 6) is 3.87. The summed E-state index contributed by atoms with van der Waals surface area (Å²) < 4.78 is 1.09. The highest BCUT2D eigenvalue weighted by atomic mass is 79.9. The number of halogens is 1. The molecule has 0 aromatic heterocycles. The van der Waals surface area contributed by atoms with E-state index in [1.165, 1.54) is 63.4 Å². The van der Waals surface area contributed by atoms with Crippen molar-refractivity contribution in [2.75, 3.05) is 0 Å². The normalized spacial score (nSPS) is 30.7. The predicted molar refractivity (Wildman–Crippen MR) is 104 cm³/mol. The summed E-state index contributed by atoms with van der Waals surface area (Å²) in [5, 5.41) is 9.28. The van der Waals surface area contributed by atoms with Crippen molar-refractivity contribution >= 4 is 15.9 Å². The van der Waals surface area contributed by atoms with Crippen molar-refractivity contribution in [3.8, 4) is 6.07 Å². The molecule has 2 saturated carbocycles. The Hall–Kier alpha value is -0.810. The Labute approximate surface area is 156 Å². The molecule has 0 radical (unpaired) electrons. The van der Waals surface area contributed by atoms with E-state index in [0.717, 1.165) is 40.1 Å². The third-order valence-electron chi connectivity index (χ3n) is 6.63. The lowest BCUT2D eigenvalue weighted by molar-refractivity contribution is 0.148. The summed E-state index contributed by atoms with van der Waals surface area (Å²) in [6, 6.07) is 8.39. The first-order valence-corrected chi connectivity index (χ1v) is 10.6. The minimum absolute atomic E-state index is 0.850. The highest BCUT2D eigenvalue weighted by Gasteiger charge is 2.29. The molecule has 0 atom stereocenters. The second kappa shape index (κ2) is 8.52. The van der Waals surface area contributed by atoms with Crippen molar-refractivity contribution in [3.63, 3.8) is 0 Å². The summed E-state index contributed by atoms with van der Waals surface area (Å²) in [6.45, 7) is 2.42. The van der Waals surface area contributed by atoms with Crippen LogP contribution < -0.4 is 0 Å². The number of aryl methyl sites for hydroxylation is 1. The highest BCUT2D eigenvalue weighted by molar-refractivity contribution is 9.10. The summed E-state index contributed by atoms with van der Waals surface area (Å²) in [5.41, 5.74) is 2.07. The van der Waals surface area contributed by atoms with Gasteiger partial charge in [-0.15, -0.1) is 0 Å². The molecule has 0 spiro atoms. The van der Waals surface area contributed by atoms with Crippen LogP contribution in [0.15, 0.2) is 22.7 Å². The van der Waals surface area contributed by atoms with Gasteiger partial charge in [0.15, 0.2) is 0 Å². The summed E-state index contributed by atoms with van der Waals surface area (Å²) in [6.07, 6.45) is 13.9. The second-order valence-corrected chi connectivity index (χ2v) is 9.17. The maximum Gasteiger partial charge on any atom is 0.0994 e. The van der Waals surface area contributed by atoms with Crippen LogP contribution in [-0.2, 0) is 6.42 Å². The molecular weight excluding hydrogens is 358 g/mol. The zero-order valence-corrected chi connectivity index (χ0v) is 16.5. The monoisotopic (exact) mass is 387 g/mol. The largest absolute Gasteiger partial charge is 0.192 e. The van der Waals surface area contributed by atoms with Crippen LogP contribution in [0, 0.1) is 35.0 Å².